The van der Waals surface area contributed by atoms with Crippen molar-refractivity contribution in [2.75, 3.05) is 6.54 Å². The smallest absolute Gasteiger partial charge is 0.322 e. The highest BCUT2D eigenvalue weighted by molar-refractivity contribution is 7.89. The quantitative estimate of drug-likeness (QED) is 0.922. The van der Waals surface area contributed by atoms with Crippen LogP contribution < -0.4 is 0 Å². The van der Waals surface area contributed by atoms with E-state index in [1.807, 2.05) is 0 Å². The molecule has 0 saturated carbocycles. The lowest BCUT2D eigenvalue weighted by atomic mass is 10.2. The van der Waals surface area contributed by atoms with Crippen molar-refractivity contribution < 1.29 is 22.7 Å². The lowest BCUT2D eigenvalue weighted by Gasteiger charge is -2.21. The molecule has 0 aliphatic carbocycles. The molecule has 0 spiro atoms. The van der Waals surface area contributed by atoms with Gasteiger partial charge in [-0.25, -0.2) is 12.8 Å². The molecule has 8 heteroatoms. The number of sulfonamides is 1. The number of halogens is 2. The Hall–Kier alpha value is -1.18. The van der Waals surface area contributed by atoms with Gasteiger partial charge in [-0.3, -0.25) is 4.79 Å². The summed E-state index contributed by atoms with van der Waals surface area (Å²) in [6.45, 7) is 0.105. The first-order valence-electron chi connectivity index (χ1n) is 5.53. The summed E-state index contributed by atoms with van der Waals surface area (Å²) >= 11 is 5.62. The Kier molecular flexibility index (Phi) is 3.80. The predicted octanol–water partition coefficient (Wildman–Crippen LogP) is 1.72. The highest BCUT2D eigenvalue weighted by Gasteiger charge is 2.39. The normalized spacial score (nSPS) is 20.6. The molecular formula is C11H11ClFNO4S. The van der Waals surface area contributed by atoms with Gasteiger partial charge >= 0.3 is 5.97 Å². The average Bonchev–Trinajstić information content (AvgIpc) is 2.76. The molecule has 1 heterocycles. The van der Waals surface area contributed by atoms with Gasteiger partial charge in [-0.1, -0.05) is 11.6 Å². The second kappa shape index (κ2) is 5.07. The largest absolute Gasteiger partial charge is 0.480 e. The minimum absolute atomic E-state index is 0.0513. The molecule has 1 aliphatic rings. The van der Waals surface area contributed by atoms with Crippen LogP contribution in [0.15, 0.2) is 23.1 Å². The molecular weight excluding hydrogens is 297 g/mol. The third-order valence-corrected chi connectivity index (χ3v) is 5.04. The molecule has 0 bridgehead atoms. The molecule has 1 fully saturated rings. The highest BCUT2D eigenvalue weighted by atomic mass is 35.5. The molecule has 1 aromatic carbocycles. The van der Waals surface area contributed by atoms with Gasteiger partial charge in [0.2, 0.25) is 10.0 Å². The number of carboxylic acid groups (broad SMARTS) is 1. The number of aliphatic carboxylic acids is 1. The van der Waals surface area contributed by atoms with Gasteiger partial charge in [-0.2, -0.15) is 4.31 Å². The van der Waals surface area contributed by atoms with Crippen molar-refractivity contribution in [1.29, 1.82) is 0 Å². The number of nitrogens with zero attached hydrogens (tertiary/aromatic N) is 1. The number of carbonyl (C=O) groups is 1. The minimum atomic E-state index is -4.05. The van der Waals surface area contributed by atoms with Crippen molar-refractivity contribution in [3.63, 3.8) is 0 Å². The van der Waals surface area contributed by atoms with Crippen molar-refractivity contribution in [1.82, 2.24) is 4.31 Å². The van der Waals surface area contributed by atoms with E-state index >= 15 is 0 Å². The molecule has 0 aromatic heterocycles. The molecule has 1 atom stereocenters. The van der Waals surface area contributed by atoms with Gasteiger partial charge in [0.1, 0.15) is 11.9 Å². The summed E-state index contributed by atoms with van der Waals surface area (Å²) in [5.74, 6) is -1.99. The first-order valence-corrected chi connectivity index (χ1v) is 7.35. The Morgan fingerprint density at radius 2 is 2.11 bits per heavy atom. The van der Waals surface area contributed by atoms with Gasteiger partial charge in [0.05, 0.1) is 4.90 Å². The third-order valence-electron chi connectivity index (χ3n) is 2.93. The summed E-state index contributed by atoms with van der Waals surface area (Å²) in [7, 11) is -4.05. The lowest BCUT2D eigenvalue weighted by molar-refractivity contribution is -0.140. The van der Waals surface area contributed by atoms with Crippen molar-refractivity contribution in [3.8, 4) is 0 Å². The van der Waals surface area contributed by atoms with Crippen LogP contribution in [0.25, 0.3) is 0 Å². The maximum Gasteiger partial charge on any atom is 0.322 e. The van der Waals surface area contributed by atoms with Gasteiger partial charge < -0.3 is 5.11 Å². The first-order chi connectivity index (χ1) is 8.82. The summed E-state index contributed by atoms with van der Waals surface area (Å²) in [5.41, 5.74) is 0. The number of benzene rings is 1. The first kappa shape index (κ1) is 14.2. The van der Waals surface area contributed by atoms with Crippen LogP contribution in [0.4, 0.5) is 4.39 Å². The lowest BCUT2D eigenvalue weighted by Crippen LogP contribution is -2.40. The summed E-state index contributed by atoms with van der Waals surface area (Å²) in [4.78, 5) is 10.7. The molecule has 0 radical (unpaired) electrons. The monoisotopic (exact) mass is 307 g/mol. The summed E-state index contributed by atoms with van der Waals surface area (Å²) in [6.07, 6.45) is 0.705. The Morgan fingerprint density at radius 3 is 2.68 bits per heavy atom. The fraction of sp³-hybridized carbons (Fsp3) is 0.364. The van der Waals surface area contributed by atoms with Gasteiger partial charge in [-0.15, -0.1) is 0 Å². The van der Waals surface area contributed by atoms with Crippen LogP contribution >= 0.6 is 11.6 Å². The molecule has 0 amide bonds. The average molecular weight is 308 g/mol. The van der Waals surface area contributed by atoms with E-state index in [0.717, 1.165) is 22.5 Å². The van der Waals surface area contributed by atoms with Crippen LogP contribution in [-0.2, 0) is 14.8 Å². The van der Waals surface area contributed by atoms with Crippen molar-refractivity contribution >= 4 is 27.6 Å². The number of hydrogen-bond acceptors (Lipinski definition) is 3. The van der Waals surface area contributed by atoms with Crippen LogP contribution in [-0.4, -0.2) is 36.4 Å². The van der Waals surface area contributed by atoms with Crippen LogP contribution in [0.3, 0.4) is 0 Å². The van der Waals surface area contributed by atoms with Crippen LogP contribution in [0.2, 0.25) is 5.02 Å². The Labute approximate surface area is 114 Å². The standard InChI is InChI=1S/C11H11ClFNO4S/c12-7-4-8(13)6-9(5-7)19(17,18)14-3-1-2-10(14)11(15)16/h4-6,10H,1-3H2,(H,15,16). The van der Waals surface area contributed by atoms with Crippen LogP contribution in [0, 0.1) is 5.82 Å². The summed E-state index contributed by atoms with van der Waals surface area (Å²) < 4.78 is 38.7. The molecule has 1 unspecified atom stereocenters. The third kappa shape index (κ3) is 2.72. The van der Waals surface area contributed by atoms with E-state index in [0.29, 0.717) is 6.42 Å². The number of hydrogen-bond donors (Lipinski definition) is 1. The summed E-state index contributed by atoms with van der Waals surface area (Å²) in [5, 5.41) is 8.95. The van der Waals surface area contributed by atoms with E-state index < -0.39 is 27.9 Å². The van der Waals surface area contributed by atoms with E-state index in [9.17, 15) is 17.6 Å². The van der Waals surface area contributed by atoms with Crippen molar-refractivity contribution in [2.24, 2.45) is 0 Å². The van der Waals surface area contributed by atoms with Crippen molar-refractivity contribution in [2.45, 2.75) is 23.8 Å². The second-order valence-corrected chi connectivity index (χ2v) is 6.54. The Morgan fingerprint density at radius 1 is 1.42 bits per heavy atom. The summed E-state index contributed by atoms with van der Waals surface area (Å²) in [6, 6.07) is 1.82. The zero-order chi connectivity index (χ0) is 14.2. The van der Waals surface area contributed by atoms with Gasteiger partial charge in [0.15, 0.2) is 0 Å². The molecule has 104 valence electrons. The van der Waals surface area contributed by atoms with Crippen molar-refractivity contribution in [3.05, 3.63) is 29.0 Å². The van der Waals surface area contributed by atoms with Crippen LogP contribution in [0.1, 0.15) is 12.8 Å². The topological polar surface area (TPSA) is 74.7 Å². The van der Waals surface area contributed by atoms with E-state index in [4.69, 9.17) is 16.7 Å². The maximum atomic E-state index is 13.2. The second-order valence-electron chi connectivity index (χ2n) is 4.22. The molecule has 19 heavy (non-hydrogen) atoms. The Balaban J connectivity index is 2.44. The van der Waals surface area contributed by atoms with E-state index in [2.05, 4.69) is 0 Å². The van der Waals surface area contributed by atoms with Gasteiger partial charge in [0.25, 0.3) is 0 Å². The Bertz CT molecular complexity index is 599. The van der Waals surface area contributed by atoms with Gasteiger partial charge in [0, 0.05) is 11.6 Å². The number of carboxylic acids is 1. The SMILES string of the molecule is O=C(O)C1CCCN1S(=O)(=O)c1cc(F)cc(Cl)c1. The fourth-order valence-electron chi connectivity index (χ4n) is 2.09. The highest BCUT2D eigenvalue weighted by Crippen LogP contribution is 2.28. The van der Waals surface area contributed by atoms with Gasteiger partial charge in [-0.05, 0) is 31.0 Å². The molecule has 1 aliphatic heterocycles. The van der Waals surface area contributed by atoms with E-state index in [1.165, 1.54) is 0 Å². The fourth-order valence-corrected chi connectivity index (χ4v) is 4.08. The van der Waals surface area contributed by atoms with E-state index in [1.54, 1.807) is 0 Å². The molecule has 1 aromatic rings. The molecule has 1 saturated heterocycles. The predicted molar refractivity (Wildman–Crippen MR) is 66.0 cm³/mol. The molecule has 2 rings (SSSR count). The zero-order valence-electron chi connectivity index (χ0n) is 9.71. The van der Waals surface area contributed by atoms with Crippen LogP contribution in [0.5, 0.6) is 0 Å². The molecule has 1 N–H and O–H groups in total. The van der Waals surface area contributed by atoms with E-state index in [-0.39, 0.29) is 22.9 Å². The maximum absolute atomic E-state index is 13.2. The minimum Gasteiger partial charge on any atom is -0.480 e. The zero-order valence-corrected chi connectivity index (χ0v) is 11.3. The number of rotatable bonds is 3. The molecule has 5 nitrogen and oxygen atoms in total.